The predicted molar refractivity (Wildman–Crippen MR) is 116 cm³/mol. The van der Waals surface area contributed by atoms with Gasteiger partial charge in [-0.15, -0.1) is 0 Å². The SMILES string of the molecule is CN1CC(Nc2nc(C(F)(F)F)c(-c3nc(NC4CCN(S(C)(=O)=O)CC4)ncc3F)s2)C1. The fourth-order valence-electron chi connectivity index (χ4n) is 3.81. The minimum absolute atomic E-state index is 0.0270. The monoisotopic (exact) mass is 509 g/mol. The summed E-state index contributed by atoms with van der Waals surface area (Å²) in [5.41, 5.74) is -1.68. The molecular formula is C18H23F4N7O2S2. The van der Waals surface area contributed by atoms with Crippen LogP contribution in [-0.4, -0.2) is 84.1 Å². The van der Waals surface area contributed by atoms with Crippen LogP contribution in [0.4, 0.5) is 28.6 Å². The van der Waals surface area contributed by atoms with Crippen LogP contribution in [0.3, 0.4) is 0 Å². The summed E-state index contributed by atoms with van der Waals surface area (Å²) in [5.74, 6) is -1.02. The third-order valence-electron chi connectivity index (χ3n) is 5.50. The van der Waals surface area contributed by atoms with E-state index >= 15 is 0 Å². The van der Waals surface area contributed by atoms with Crippen molar-refractivity contribution in [3.05, 3.63) is 17.7 Å². The number of aromatic nitrogens is 3. The minimum Gasteiger partial charge on any atom is -0.356 e. The summed E-state index contributed by atoms with van der Waals surface area (Å²) in [6.07, 6.45) is -1.91. The van der Waals surface area contributed by atoms with Gasteiger partial charge in [0.1, 0.15) is 5.69 Å². The predicted octanol–water partition coefficient (Wildman–Crippen LogP) is 2.32. The molecule has 4 rings (SSSR count). The number of rotatable bonds is 6. The molecule has 0 unspecified atom stereocenters. The van der Waals surface area contributed by atoms with E-state index in [1.165, 1.54) is 4.31 Å². The summed E-state index contributed by atoms with van der Waals surface area (Å²) in [5, 5.41) is 5.99. The Morgan fingerprint density at radius 3 is 2.36 bits per heavy atom. The van der Waals surface area contributed by atoms with Gasteiger partial charge in [0, 0.05) is 32.2 Å². The zero-order valence-electron chi connectivity index (χ0n) is 17.9. The lowest BCUT2D eigenvalue weighted by Gasteiger charge is -2.36. The normalized spacial score (nSPS) is 19.5. The molecule has 9 nitrogen and oxygen atoms in total. The number of anilines is 2. The molecule has 0 atom stereocenters. The molecule has 0 bridgehead atoms. The van der Waals surface area contributed by atoms with E-state index in [9.17, 15) is 26.0 Å². The lowest BCUT2D eigenvalue weighted by molar-refractivity contribution is -0.140. The average molecular weight is 510 g/mol. The number of likely N-dealkylation sites (tertiary alicyclic amines) is 1. The molecule has 0 aliphatic carbocycles. The zero-order valence-corrected chi connectivity index (χ0v) is 19.5. The van der Waals surface area contributed by atoms with Gasteiger partial charge in [0.25, 0.3) is 0 Å². The first kappa shape index (κ1) is 24.0. The molecule has 2 N–H and O–H groups in total. The first-order valence-corrected chi connectivity index (χ1v) is 12.8. The smallest absolute Gasteiger partial charge is 0.356 e. The molecular weight excluding hydrogens is 486 g/mol. The first-order chi connectivity index (χ1) is 15.4. The van der Waals surface area contributed by atoms with Crippen molar-refractivity contribution in [1.29, 1.82) is 0 Å². The van der Waals surface area contributed by atoms with Gasteiger partial charge in [-0.2, -0.15) is 13.2 Å². The standard InChI is InChI=1S/C18H23F4N7O2S2/c1-28-8-11(9-28)25-17-27-15(18(20,21)22)14(32-17)13-12(19)7-23-16(26-13)24-10-3-5-29(6-4-10)33(2,30)31/h7,10-11H,3-6,8-9H2,1-2H3,(H,25,27)(H,23,24,26). The Balaban J connectivity index is 1.55. The Morgan fingerprint density at radius 1 is 1.12 bits per heavy atom. The summed E-state index contributed by atoms with van der Waals surface area (Å²) in [4.78, 5) is 13.1. The van der Waals surface area contributed by atoms with Crippen LogP contribution in [-0.2, 0) is 16.2 Å². The number of sulfonamides is 1. The quantitative estimate of drug-likeness (QED) is 0.572. The van der Waals surface area contributed by atoms with Crippen molar-refractivity contribution in [1.82, 2.24) is 24.2 Å². The zero-order chi connectivity index (χ0) is 24.0. The van der Waals surface area contributed by atoms with Gasteiger partial charge in [0.2, 0.25) is 16.0 Å². The van der Waals surface area contributed by atoms with Crippen LogP contribution in [0, 0.1) is 5.82 Å². The number of nitrogens with zero attached hydrogens (tertiary/aromatic N) is 5. The highest BCUT2D eigenvalue weighted by atomic mass is 32.2. The second-order valence-electron chi connectivity index (χ2n) is 8.23. The lowest BCUT2D eigenvalue weighted by Crippen LogP contribution is -2.52. The minimum atomic E-state index is -4.79. The number of halogens is 4. The molecule has 2 aromatic rings. The van der Waals surface area contributed by atoms with Gasteiger partial charge in [-0.1, -0.05) is 11.3 Å². The number of likely N-dealkylation sites (N-methyl/N-ethyl adjacent to an activating group) is 1. The molecule has 2 aliphatic rings. The number of alkyl halides is 3. The van der Waals surface area contributed by atoms with E-state index in [4.69, 9.17) is 0 Å². The molecule has 0 spiro atoms. The van der Waals surface area contributed by atoms with Gasteiger partial charge in [-0.25, -0.2) is 32.1 Å². The Morgan fingerprint density at radius 2 is 1.79 bits per heavy atom. The van der Waals surface area contributed by atoms with Crippen molar-refractivity contribution < 1.29 is 26.0 Å². The maximum absolute atomic E-state index is 14.5. The Kier molecular flexibility index (Phi) is 6.50. The van der Waals surface area contributed by atoms with E-state index < -0.39 is 38.3 Å². The van der Waals surface area contributed by atoms with Crippen LogP contribution >= 0.6 is 11.3 Å². The molecule has 2 fully saturated rings. The number of thiazole rings is 1. The van der Waals surface area contributed by atoms with Crippen LogP contribution in [0.15, 0.2) is 6.20 Å². The highest BCUT2D eigenvalue weighted by Gasteiger charge is 2.40. The molecule has 33 heavy (non-hydrogen) atoms. The highest BCUT2D eigenvalue weighted by molar-refractivity contribution is 7.88. The third-order valence-corrected chi connectivity index (χ3v) is 7.80. The summed E-state index contributed by atoms with van der Waals surface area (Å²) in [6.45, 7) is 1.93. The molecule has 4 heterocycles. The van der Waals surface area contributed by atoms with E-state index in [1.807, 2.05) is 11.9 Å². The van der Waals surface area contributed by atoms with E-state index in [0.717, 1.165) is 12.5 Å². The second kappa shape index (κ2) is 8.92. The molecule has 15 heteroatoms. The molecule has 0 aromatic carbocycles. The fraction of sp³-hybridized carbons (Fsp3) is 0.611. The summed E-state index contributed by atoms with van der Waals surface area (Å²) >= 11 is 0.698. The van der Waals surface area contributed by atoms with Crippen molar-refractivity contribution in [2.24, 2.45) is 0 Å². The van der Waals surface area contributed by atoms with E-state index in [2.05, 4.69) is 25.6 Å². The molecule has 0 radical (unpaired) electrons. The maximum atomic E-state index is 14.5. The van der Waals surface area contributed by atoms with E-state index in [1.54, 1.807) is 0 Å². The number of nitrogens with one attached hydrogen (secondary N) is 2. The van der Waals surface area contributed by atoms with Crippen molar-refractivity contribution in [3.8, 4) is 10.6 Å². The molecule has 2 aliphatic heterocycles. The largest absolute Gasteiger partial charge is 0.434 e. The van der Waals surface area contributed by atoms with Crippen molar-refractivity contribution in [2.45, 2.75) is 31.1 Å². The van der Waals surface area contributed by atoms with Gasteiger partial charge >= 0.3 is 6.18 Å². The van der Waals surface area contributed by atoms with Crippen LogP contribution in [0.1, 0.15) is 18.5 Å². The van der Waals surface area contributed by atoms with Gasteiger partial charge in [-0.05, 0) is 19.9 Å². The second-order valence-corrected chi connectivity index (χ2v) is 11.2. The topological polar surface area (TPSA) is 103 Å². The Bertz CT molecular complexity index is 1110. The number of hydrogen-bond donors (Lipinski definition) is 2. The highest BCUT2D eigenvalue weighted by Crippen LogP contribution is 2.42. The summed E-state index contributed by atoms with van der Waals surface area (Å²) in [6, 6.07) is -0.224. The maximum Gasteiger partial charge on any atom is 0.434 e. The van der Waals surface area contributed by atoms with E-state index in [-0.39, 0.29) is 23.2 Å². The Labute approximate surface area is 192 Å². The van der Waals surface area contributed by atoms with Crippen LogP contribution in [0.25, 0.3) is 10.6 Å². The molecule has 0 amide bonds. The fourth-order valence-corrected chi connectivity index (χ4v) is 5.74. The van der Waals surface area contributed by atoms with Gasteiger partial charge in [-0.3, -0.25) is 0 Å². The summed E-state index contributed by atoms with van der Waals surface area (Å²) in [7, 11) is -1.40. The Hall–Kier alpha value is -2.10. The molecule has 2 aromatic heterocycles. The number of hydrogen-bond acceptors (Lipinski definition) is 9. The third kappa shape index (κ3) is 5.53. The van der Waals surface area contributed by atoms with Crippen molar-refractivity contribution in [3.63, 3.8) is 0 Å². The van der Waals surface area contributed by atoms with Crippen LogP contribution < -0.4 is 10.6 Å². The summed E-state index contributed by atoms with van der Waals surface area (Å²) < 4.78 is 80.1. The molecule has 182 valence electrons. The van der Waals surface area contributed by atoms with Crippen LogP contribution in [0.2, 0.25) is 0 Å². The molecule has 2 saturated heterocycles. The van der Waals surface area contributed by atoms with Crippen LogP contribution in [0.5, 0.6) is 0 Å². The van der Waals surface area contributed by atoms with Gasteiger partial charge in [0.15, 0.2) is 16.6 Å². The average Bonchev–Trinajstić information content (AvgIpc) is 3.12. The molecule has 0 saturated carbocycles. The number of piperidine rings is 1. The van der Waals surface area contributed by atoms with Crippen molar-refractivity contribution in [2.75, 3.05) is 50.1 Å². The van der Waals surface area contributed by atoms with Gasteiger partial charge in [0.05, 0.1) is 23.4 Å². The first-order valence-electron chi connectivity index (χ1n) is 10.2. The van der Waals surface area contributed by atoms with Gasteiger partial charge < -0.3 is 15.5 Å². The van der Waals surface area contributed by atoms with E-state index in [0.29, 0.717) is 50.4 Å². The van der Waals surface area contributed by atoms with Crippen molar-refractivity contribution >= 4 is 32.4 Å². The lowest BCUT2D eigenvalue weighted by atomic mass is 10.1.